The summed E-state index contributed by atoms with van der Waals surface area (Å²) in [4.78, 5) is 9.51. The van der Waals surface area contributed by atoms with Crippen molar-refractivity contribution in [1.29, 1.82) is 0 Å². The second-order valence-corrected chi connectivity index (χ2v) is 4.06. The van der Waals surface area contributed by atoms with Crippen LogP contribution < -0.4 is 0 Å². The summed E-state index contributed by atoms with van der Waals surface area (Å²) in [5.74, 6) is -3.04. The van der Waals surface area contributed by atoms with Crippen molar-refractivity contribution in [2.45, 2.75) is 25.4 Å². The van der Waals surface area contributed by atoms with Crippen LogP contribution in [0.2, 0.25) is 0 Å². The third kappa shape index (κ3) is 5.58. The molecule has 0 rings (SSSR count). The van der Waals surface area contributed by atoms with E-state index in [1.807, 2.05) is 0 Å². The van der Waals surface area contributed by atoms with Crippen LogP contribution in [0, 0.1) is 16.0 Å². The van der Waals surface area contributed by atoms with Gasteiger partial charge >= 0.3 is 11.9 Å². The van der Waals surface area contributed by atoms with Gasteiger partial charge in [0, 0.05) is 6.08 Å². The minimum absolute atomic E-state index is 0.369. The molecule has 0 aromatic carbocycles. The molecule has 8 heteroatoms. The SMILES string of the molecule is CC(Cl)/C=C(\C(O)=C/C(C)C(F)(F)F)[N+](=O)[O-]. The molecule has 0 heterocycles. The fourth-order valence-corrected chi connectivity index (χ4v) is 0.993. The van der Waals surface area contributed by atoms with Crippen LogP contribution >= 0.6 is 11.6 Å². The van der Waals surface area contributed by atoms with Crippen LogP contribution in [0.1, 0.15) is 13.8 Å². The van der Waals surface area contributed by atoms with Crippen LogP contribution in [0.5, 0.6) is 0 Å². The Hall–Kier alpha value is -1.24. The number of hydrogen-bond donors (Lipinski definition) is 1. The van der Waals surface area contributed by atoms with Gasteiger partial charge in [-0.05, 0) is 13.0 Å². The number of hydrogen-bond acceptors (Lipinski definition) is 3. The Morgan fingerprint density at radius 2 is 1.88 bits per heavy atom. The Balaban J connectivity index is 5.18. The highest BCUT2D eigenvalue weighted by molar-refractivity contribution is 6.21. The van der Waals surface area contributed by atoms with Gasteiger partial charge in [0.05, 0.1) is 16.2 Å². The molecular formula is C9H11ClF3NO3. The van der Waals surface area contributed by atoms with Gasteiger partial charge in [-0.25, -0.2) is 0 Å². The van der Waals surface area contributed by atoms with Gasteiger partial charge in [-0.1, -0.05) is 6.92 Å². The van der Waals surface area contributed by atoms with Gasteiger partial charge in [0.2, 0.25) is 0 Å². The molecule has 0 aromatic heterocycles. The summed E-state index contributed by atoms with van der Waals surface area (Å²) in [7, 11) is 0. The summed E-state index contributed by atoms with van der Waals surface area (Å²) in [5.41, 5.74) is -0.844. The van der Waals surface area contributed by atoms with E-state index in [2.05, 4.69) is 0 Å². The molecule has 0 saturated carbocycles. The van der Waals surface area contributed by atoms with E-state index in [-0.39, 0.29) is 0 Å². The Kier molecular flexibility index (Phi) is 5.47. The van der Waals surface area contributed by atoms with Crippen molar-refractivity contribution in [3.05, 3.63) is 33.7 Å². The van der Waals surface area contributed by atoms with E-state index < -0.39 is 33.9 Å². The van der Waals surface area contributed by atoms with Crippen molar-refractivity contribution in [1.82, 2.24) is 0 Å². The van der Waals surface area contributed by atoms with Gasteiger partial charge in [-0.15, -0.1) is 11.6 Å². The molecule has 0 aliphatic carbocycles. The maximum Gasteiger partial charge on any atom is 0.395 e. The van der Waals surface area contributed by atoms with Gasteiger partial charge in [-0.2, -0.15) is 13.2 Å². The van der Waals surface area contributed by atoms with Crippen molar-refractivity contribution < 1.29 is 23.2 Å². The number of allylic oxidation sites excluding steroid dienone is 2. The van der Waals surface area contributed by atoms with Crippen LogP contribution in [-0.2, 0) is 0 Å². The molecule has 0 bridgehead atoms. The molecule has 2 unspecified atom stereocenters. The maximum absolute atomic E-state index is 12.2. The minimum atomic E-state index is -4.57. The van der Waals surface area contributed by atoms with E-state index in [0.29, 0.717) is 6.08 Å². The minimum Gasteiger partial charge on any atom is -0.502 e. The quantitative estimate of drug-likeness (QED) is 0.281. The standard InChI is InChI=1S/C9H11ClF3NO3/c1-5(9(11,12)13)3-8(15)7(14(16)17)4-6(2)10/h3-6,15H,1-2H3/b7-4+,8-3+. The first-order valence-corrected chi connectivity index (χ1v) is 4.97. The molecule has 0 spiro atoms. The molecule has 0 saturated heterocycles. The van der Waals surface area contributed by atoms with Crippen molar-refractivity contribution in [2.24, 2.45) is 5.92 Å². The van der Waals surface area contributed by atoms with Gasteiger partial charge in [0.1, 0.15) is 0 Å². The first-order chi connectivity index (χ1) is 7.55. The largest absolute Gasteiger partial charge is 0.502 e. The van der Waals surface area contributed by atoms with E-state index >= 15 is 0 Å². The molecule has 0 aliphatic heterocycles. The van der Waals surface area contributed by atoms with Gasteiger partial charge < -0.3 is 5.11 Å². The van der Waals surface area contributed by atoms with E-state index in [1.54, 1.807) is 0 Å². The van der Waals surface area contributed by atoms with E-state index in [1.165, 1.54) is 6.92 Å². The third-order valence-corrected chi connectivity index (χ3v) is 1.90. The van der Waals surface area contributed by atoms with Crippen LogP contribution in [0.3, 0.4) is 0 Å². The zero-order valence-corrected chi connectivity index (χ0v) is 9.79. The monoisotopic (exact) mass is 273 g/mol. The highest BCUT2D eigenvalue weighted by Crippen LogP contribution is 2.28. The lowest BCUT2D eigenvalue weighted by molar-refractivity contribution is -0.424. The van der Waals surface area contributed by atoms with Crippen molar-refractivity contribution in [3.63, 3.8) is 0 Å². The molecule has 4 nitrogen and oxygen atoms in total. The first kappa shape index (κ1) is 15.8. The molecule has 0 radical (unpaired) electrons. The normalized spacial score (nSPS) is 17.8. The summed E-state index contributed by atoms with van der Waals surface area (Å²) >= 11 is 5.45. The number of halogens is 4. The molecule has 1 N–H and O–H groups in total. The predicted molar refractivity (Wildman–Crippen MR) is 56.3 cm³/mol. The fourth-order valence-electron chi connectivity index (χ4n) is 0.874. The highest BCUT2D eigenvalue weighted by atomic mass is 35.5. The van der Waals surface area contributed by atoms with E-state index in [9.17, 15) is 28.4 Å². The zero-order chi connectivity index (χ0) is 13.8. The molecule has 0 aliphatic rings. The Labute approximate surface area is 101 Å². The number of rotatable bonds is 4. The highest BCUT2D eigenvalue weighted by Gasteiger charge is 2.35. The molecular weight excluding hydrogens is 263 g/mol. The number of aliphatic hydroxyl groups is 1. The van der Waals surface area contributed by atoms with Crippen LogP contribution in [0.15, 0.2) is 23.6 Å². The van der Waals surface area contributed by atoms with E-state index in [4.69, 9.17) is 11.6 Å². The lowest BCUT2D eigenvalue weighted by atomic mass is 10.1. The topological polar surface area (TPSA) is 63.4 Å². The summed E-state index contributed by atoms with van der Waals surface area (Å²) in [5, 5.41) is 19.0. The molecule has 98 valence electrons. The van der Waals surface area contributed by atoms with Crippen molar-refractivity contribution in [2.75, 3.05) is 0 Å². The molecule has 2 atom stereocenters. The second-order valence-electron chi connectivity index (χ2n) is 3.37. The Morgan fingerprint density at radius 1 is 1.41 bits per heavy atom. The molecule has 0 aromatic rings. The van der Waals surface area contributed by atoms with Crippen LogP contribution in [0.25, 0.3) is 0 Å². The van der Waals surface area contributed by atoms with E-state index in [0.717, 1.165) is 13.0 Å². The average molecular weight is 274 g/mol. The first-order valence-electron chi connectivity index (χ1n) is 4.53. The van der Waals surface area contributed by atoms with Crippen molar-refractivity contribution >= 4 is 11.6 Å². The fraction of sp³-hybridized carbons (Fsp3) is 0.556. The second kappa shape index (κ2) is 5.90. The Morgan fingerprint density at radius 3 is 2.18 bits per heavy atom. The Bertz CT molecular complexity index is 350. The van der Waals surface area contributed by atoms with Gasteiger partial charge in [-0.3, -0.25) is 10.1 Å². The summed E-state index contributed by atoms with van der Waals surface area (Å²) in [6.45, 7) is 2.16. The summed E-state index contributed by atoms with van der Waals surface area (Å²) < 4.78 is 36.5. The molecule has 17 heavy (non-hydrogen) atoms. The number of nitro groups is 1. The third-order valence-electron chi connectivity index (χ3n) is 1.77. The molecule has 0 amide bonds. The van der Waals surface area contributed by atoms with Gasteiger partial charge in [0.25, 0.3) is 0 Å². The maximum atomic E-state index is 12.2. The number of nitrogens with zero attached hydrogens (tertiary/aromatic N) is 1. The predicted octanol–water partition coefficient (Wildman–Crippen LogP) is 3.41. The molecule has 0 fully saturated rings. The van der Waals surface area contributed by atoms with Crippen LogP contribution in [0.4, 0.5) is 13.2 Å². The van der Waals surface area contributed by atoms with Gasteiger partial charge in [0.15, 0.2) is 5.76 Å². The smallest absolute Gasteiger partial charge is 0.395 e. The lowest BCUT2D eigenvalue weighted by Crippen LogP contribution is -2.18. The summed E-state index contributed by atoms with van der Waals surface area (Å²) in [6.07, 6.45) is -3.34. The number of aliphatic hydroxyl groups excluding tert-OH is 1. The number of alkyl halides is 4. The van der Waals surface area contributed by atoms with Crippen LogP contribution in [-0.4, -0.2) is 21.6 Å². The zero-order valence-electron chi connectivity index (χ0n) is 9.03. The summed E-state index contributed by atoms with van der Waals surface area (Å²) in [6, 6.07) is 0. The lowest BCUT2D eigenvalue weighted by Gasteiger charge is -2.11. The average Bonchev–Trinajstić information content (AvgIpc) is 2.11. The van der Waals surface area contributed by atoms with Crippen molar-refractivity contribution in [3.8, 4) is 0 Å².